The van der Waals surface area contributed by atoms with Gasteiger partial charge in [0, 0.05) is 12.1 Å². The van der Waals surface area contributed by atoms with Gasteiger partial charge in [-0.15, -0.1) is 0 Å². The topological polar surface area (TPSA) is 83.1 Å². The number of methoxy groups -OCH3 is 1. The fourth-order valence-electron chi connectivity index (χ4n) is 3.68. The van der Waals surface area contributed by atoms with Crippen molar-refractivity contribution in [3.05, 3.63) is 53.0 Å². The number of amides is 1. The molecule has 0 unspecified atom stereocenters. The predicted molar refractivity (Wildman–Crippen MR) is 96.0 cm³/mol. The highest BCUT2D eigenvalue weighted by Gasteiger charge is 2.43. The third-order valence-electron chi connectivity index (χ3n) is 5.16. The Bertz CT molecular complexity index is 778. The van der Waals surface area contributed by atoms with Gasteiger partial charge in [0.15, 0.2) is 5.76 Å². The van der Waals surface area contributed by atoms with Crippen LogP contribution < -0.4 is 4.74 Å². The van der Waals surface area contributed by atoms with E-state index in [-0.39, 0.29) is 24.3 Å². The van der Waals surface area contributed by atoms with Gasteiger partial charge >= 0.3 is 0 Å². The highest BCUT2D eigenvalue weighted by molar-refractivity contribution is 5.93. The summed E-state index contributed by atoms with van der Waals surface area (Å²) in [5, 5.41) is 20.5. The highest BCUT2D eigenvalue weighted by Crippen LogP contribution is 2.36. The van der Waals surface area contributed by atoms with E-state index in [4.69, 9.17) is 9.15 Å². The molecule has 3 rings (SSSR count). The fourth-order valence-corrected chi connectivity index (χ4v) is 3.68. The number of rotatable bonds is 5. The van der Waals surface area contributed by atoms with Gasteiger partial charge in [-0.2, -0.15) is 0 Å². The summed E-state index contributed by atoms with van der Waals surface area (Å²) >= 11 is 0. The van der Waals surface area contributed by atoms with Gasteiger partial charge in [0.05, 0.1) is 13.2 Å². The number of carbonyl (C=O) groups is 1. The third-order valence-corrected chi connectivity index (χ3v) is 5.16. The summed E-state index contributed by atoms with van der Waals surface area (Å²) in [5.74, 6) is 1.06. The summed E-state index contributed by atoms with van der Waals surface area (Å²) in [6.07, 6.45) is 1.52. The zero-order valence-corrected chi connectivity index (χ0v) is 15.4. The van der Waals surface area contributed by atoms with Crippen molar-refractivity contribution in [2.75, 3.05) is 13.7 Å². The standard InChI is InChI=1S/C20H25NO5/c1-13-11-16(12-22)26-18(13)19(23)21-10-4-5-17(21)20(2,24)14-6-8-15(25-3)9-7-14/h6-9,11,17,22,24H,4-5,10,12H2,1-3H3/t17-,20-/m0/s1. The zero-order chi connectivity index (χ0) is 18.9. The molecule has 2 N–H and O–H groups in total. The largest absolute Gasteiger partial charge is 0.497 e. The second-order valence-electron chi connectivity index (χ2n) is 6.92. The van der Waals surface area contributed by atoms with E-state index < -0.39 is 5.60 Å². The lowest BCUT2D eigenvalue weighted by Gasteiger charge is -2.36. The van der Waals surface area contributed by atoms with Crippen LogP contribution in [0.2, 0.25) is 0 Å². The second kappa shape index (κ2) is 7.13. The van der Waals surface area contributed by atoms with Crippen molar-refractivity contribution < 1.29 is 24.2 Å². The number of nitrogens with zero attached hydrogens (tertiary/aromatic N) is 1. The number of likely N-dealkylation sites (tertiary alicyclic amines) is 1. The average molecular weight is 359 g/mol. The van der Waals surface area contributed by atoms with Gasteiger partial charge in [-0.25, -0.2) is 0 Å². The number of ether oxygens (including phenoxy) is 1. The molecule has 1 amide bonds. The Labute approximate surface area is 153 Å². The maximum Gasteiger partial charge on any atom is 0.290 e. The summed E-state index contributed by atoms with van der Waals surface area (Å²) < 4.78 is 10.7. The van der Waals surface area contributed by atoms with Crippen molar-refractivity contribution in [2.24, 2.45) is 0 Å². The molecule has 1 aliphatic rings. The molecular formula is C20H25NO5. The van der Waals surface area contributed by atoms with Crippen molar-refractivity contribution in [3.8, 4) is 5.75 Å². The Morgan fingerprint density at radius 3 is 2.65 bits per heavy atom. The fraction of sp³-hybridized carbons (Fsp3) is 0.450. The molecule has 6 nitrogen and oxygen atoms in total. The Morgan fingerprint density at radius 2 is 2.08 bits per heavy atom. The maximum absolute atomic E-state index is 13.0. The van der Waals surface area contributed by atoms with Gasteiger partial charge < -0.3 is 24.3 Å². The lowest BCUT2D eigenvalue weighted by atomic mass is 9.86. The van der Waals surface area contributed by atoms with Crippen LogP contribution in [0.5, 0.6) is 5.75 Å². The van der Waals surface area contributed by atoms with Gasteiger partial charge in [0.2, 0.25) is 0 Å². The van der Waals surface area contributed by atoms with E-state index in [9.17, 15) is 15.0 Å². The zero-order valence-electron chi connectivity index (χ0n) is 15.4. The molecule has 0 bridgehead atoms. The first-order valence-electron chi connectivity index (χ1n) is 8.76. The lowest BCUT2D eigenvalue weighted by Crippen LogP contribution is -2.48. The van der Waals surface area contributed by atoms with Crippen LogP contribution in [-0.4, -0.2) is 40.7 Å². The number of carbonyl (C=O) groups excluding carboxylic acids is 1. The molecule has 1 fully saturated rings. The highest BCUT2D eigenvalue weighted by atomic mass is 16.5. The smallest absolute Gasteiger partial charge is 0.290 e. The van der Waals surface area contributed by atoms with Crippen LogP contribution >= 0.6 is 0 Å². The molecule has 1 aromatic heterocycles. The van der Waals surface area contributed by atoms with E-state index in [1.165, 1.54) is 0 Å². The molecule has 140 valence electrons. The molecular weight excluding hydrogens is 334 g/mol. The van der Waals surface area contributed by atoms with Gasteiger partial charge in [-0.3, -0.25) is 4.79 Å². The van der Waals surface area contributed by atoms with Gasteiger partial charge in [-0.1, -0.05) is 12.1 Å². The van der Waals surface area contributed by atoms with E-state index >= 15 is 0 Å². The Hall–Kier alpha value is -2.31. The van der Waals surface area contributed by atoms with Crippen LogP contribution in [0, 0.1) is 6.92 Å². The minimum absolute atomic E-state index is 0.228. The first kappa shape index (κ1) is 18.5. The van der Waals surface area contributed by atoms with Gasteiger partial charge in [-0.05, 0) is 50.5 Å². The normalized spacial score (nSPS) is 19.4. The third kappa shape index (κ3) is 3.22. The maximum atomic E-state index is 13.0. The Balaban J connectivity index is 1.88. The van der Waals surface area contributed by atoms with Crippen LogP contribution in [0.25, 0.3) is 0 Å². The van der Waals surface area contributed by atoms with Crippen molar-refractivity contribution in [3.63, 3.8) is 0 Å². The molecule has 0 aliphatic carbocycles. The first-order valence-corrected chi connectivity index (χ1v) is 8.76. The molecule has 26 heavy (non-hydrogen) atoms. The van der Waals surface area contributed by atoms with E-state index in [0.29, 0.717) is 30.0 Å². The molecule has 2 aromatic rings. The van der Waals surface area contributed by atoms with E-state index in [0.717, 1.165) is 12.0 Å². The van der Waals surface area contributed by atoms with Gasteiger partial charge in [0.1, 0.15) is 23.7 Å². The molecule has 0 radical (unpaired) electrons. The van der Waals surface area contributed by atoms with E-state index in [1.807, 2.05) is 12.1 Å². The summed E-state index contributed by atoms with van der Waals surface area (Å²) in [6, 6.07) is 8.55. The molecule has 1 saturated heterocycles. The number of hydrogen-bond acceptors (Lipinski definition) is 5. The van der Waals surface area contributed by atoms with Crippen LogP contribution in [0.1, 0.15) is 47.2 Å². The lowest BCUT2D eigenvalue weighted by molar-refractivity contribution is -0.0186. The number of aliphatic hydroxyl groups excluding tert-OH is 1. The number of aryl methyl sites for hydroxylation is 1. The van der Waals surface area contributed by atoms with Crippen molar-refractivity contribution in [1.82, 2.24) is 4.90 Å². The monoisotopic (exact) mass is 359 g/mol. The minimum Gasteiger partial charge on any atom is -0.497 e. The number of hydrogen-bond donors (Lipinski definition) is 2. The molecule has 6 heteroatoms. The van der Waals surface area contributed by atoms with Crippen LogP contribution in [0.4, 0.5) is 0 Å². The summed E-state index contributed by atoms with van der Waals surface area (Å²) in [5.41, 5.74) is 0.225. The molecule has 2 atom stereocenters. The Kier molecular flexibility index (Phi) is 5.07. The first-order chi connectivity index (χ1) is 12.4. The summed E-state index contributed by atoms with van der Waals surface area (Å²) in [4.78, 5) is 14.7. The molecule has 1 aromatic carbocycles. The van der Waals surface area contributed by atoms with Crippen molar-refractivity contribution in [2.45, 2.75) is 44.9 Å². The molecule has 0 spiro atoms. The van der Waals surface area contributed by atoms with E-state index in [2.05, 4.69) is 0 Å². The number of aliphatic hydroxyl groups is 2. The average Bonchev–Trinajstić information content (AvgIpc) is 3.28. The summed E-state index contributed by atoms with van der Waals surface area (Å²) in [7, 11) is 1.59. The van der Waals surface area contributed by atoms with Crippen molar-refractivity contribution in [1.29, 1.82) is 0 Å². The van der Waals surface area contributed by atoms with Crippen molar-refractivity contribution >= 4 is 5.91 Å². The molecule has 0 saturated carbocycles. The number of furan rings is 1. The summed E-state index contributed by atoms with van der Waals surface area (Å²) in [6.45, 7) is 3.83. The van der Waals surface area contributed by atoms with Crippen LogP contribution in [-0.2, 0) is 12.2 Å². The SMILES string of the molecule is COc1ccc([C@](C)(O)[C@@H]2CCCN2C(=O)c2oc(CO)cc2C)cc1. The van der Waals surface area contributed by atoms with Crippen LogP contribution in [0.15, 0.2) is 34.7 Å². The minimum atomic E-state index is -1.20. The number of benzene rings is 1. The molecule has 2 heterocycles. The predicted octanol–water partition coefficient (Wildman–Crippen LogP) is 2.60. The second-order valence-corrected chi connectivity index (χ2v) is 6.92. The van der Waals surface area contributed by atoms with Crippen LogP contribution in [0.3, 0.4) is 0 Å². The Morgan fingerprint density at radius 1 is 1.38 bits per heavy atom. The van der Waals surface area contributed by atoms with E-state index in [1.54, 1.807) is 44.1 Å². The molecule has 1 aliphatic heterocycles. The van der Waals surface area contributed by atoms with Gasteiger partial charge in [0.25, 0.3) is 5.91 Å². The quantitative estimate of drug-likeness (QED) is 0.857.